The van der Waals surface area contributed by atoms with Crippen LogP contribution in [-0.2, 0) is 13.1 Å². The molecule has 2 aromatic heterocycles. The van der Waals surface area contributed by atoms with Crippen LogP contribution in [0.25, 0.3) is 0 Å². The van der Waals surface area contributed by atoms with Gasteiger partial charge in [0, 0.05) is 17.3 Å². The summed E-state index contributed by atoms with van der Waals surface area (Å²) in [6, 6.07) is 10.1. The van der Waals surface area contributed by atoms with Crippen molar-refractivity contribution in [3.8, 4) is 0 Å². The number of nitrogens with zero attached hydrogens (tertiary/aromatic N) is 2. The second-order valence-corrected chi connectivity index (χ2v) is 5.80. The lowest BCUT2D eigenvalue weighted by Crippen LogP contribution is -2.24. The molecule has 112 valence electrons. The van der Waals surface area contributed by atoms with Gasteiger partial charge in [0.15, 0.2) is 5.82 Å². The van der Waals surface area contributed by atoms with Crippen molar-refractivity contribution < 1.29 is 4.39 Å². The topological polar surface area (TPSA) is 46.9 Å². The Balaban J connectivity index is 1.76. The number of benzene rings is 1. The minimum atomic E-state index is -0.288. The van der Waals surface area contributed by atoms with E-state index in [0.717, 1.165) is 10.4 Å². The fourth-order valence-electron chi connectivity index (χ4n) is 2.06. The lowest BCUT2D eigenvalue weighted by atomic mass is 10.2. The normalized spacial score (nSPS) is 10.6. The predicted molar refractivity (Wildman–Crippen MR) is 85.6 cm³/mol. The molecule has 4 nitrogen and oxygen atoms in total. The molecule has 0 aliphatic heterocycles. The standard InChI is InChI=1S/C16H14FN3OS/c17-13-5-3-12(4-6-13)11-20-8-7-18-15(16(20)21)19-10-14-2-1-9-22-14/h1-9H,10-11H2,(H,18,19). The summed E-state index contributed by atoms with van der Waals surface area (Å²) in [7, 11) is 0. The fourth-order valence-corrected chi connectivity index (χ4v) is 2.71. The zero-order valence-corrected chi connectivity index (χ0v) is 12.5. The smallest absolute Gasteiger partial charge is 0.293 e. The van der Waals surface area contributed by atoms with Gasteiger partial charge in [0.05, 0.1) is 13.1 Å². The first kappa shape index (κ1) is 14.5. The maximum Gasteiger partial charge on any atom is 0.293 e. The number of anilines is 1. The Morgan fingerprint density at radius 3 is 2.77 bits per heavy atom. The molecule has 22 heavy (non-hydrogen) atoms. The Hall–Kier alpha value is -2.47. The molecule has 0 aliphatic rings. The average Bonchev–Trinajstić information content (AvgIpc) is 3.04. The average molecular weight is 315 g/mol. The second-order valence-electron chi connectivity index (χ2n) is 4.77. The molecule has 1 aromatic carbocycles. The van der Waals surface area contributed by atoms with Gasteiger partial charge in [-0.3, -0.25) is 4.79 Å². The molecule has 6 heteroatoms. The highest BCUT2D eigenvalue weighted by molar-refractivity contribution is 7.09. The molecular formula is C16H14FN3OS. The lowest BCUT2D eigenvalue weighted by molar-refractivity contribution is 0.626. The summed E-state index contributed by atoms with van der Waals surface area (Å²) in [5, 5.41) is 5.04. The minimum Gasteiger partial charge on any atom is -0.361 e. The van der Waals surface area contributed by atoms with Gasteiger partial charge in [-0.25, -0.2) is 9.37 Å². The van der Waals surface area contributed by atoms with Gasteiger partial charge in [-0.05, 0) is 29.1 Å². The van der Waals surface area contributed by atoms with Crippen LogP contribution in [0, 0.1) is 5.82 Å². The van der Waals surface area contributed by atoms with Crippen LogP contribution in [0.5, 0.6) is 0 Å². The number of halogens is 1. The molecule has 0 aliphatic carbocycles. The van der Waals surface area contributed by atoms with Crippen LogP contribution in [0.4, 0.5) is 10.2 Å². The van der Waals surface area contributed by atoms with Gasteiger partial charge in [-0.2, -0.15) is 0 Å². The zero-order valence-electron chi connectivity index (χ0n) is 11.7. The maximum atomic E-state index is 12.9. The third-order valence-corrected chi connectivity index (χ3v) is 4.07. The van der Waals surface area contributed by atoms with Gasteiger partial charge >= 0.3 is 0 Å². The van der Waals surface area contributed by atoms with Gasteiger partial charge < -0.3 is 9.88 Å². The summed E-state index contributed by atoms with van der Waals surface area (Å²) in [6.07, 6.45) is 3.21. The molecule has 2 heterocycles. The third kappa shape index (κ3) is 3.40. The molecule has 0 spiro atoms. The van der Waals surface area contributed by atoms with E-state index in [1.54, 1.807) is 40.4 Å². The third-order valence-electron chi connectivity index (χ3n) is 3.19. The van der Waals surface area contributed by atoms with Crippen LogP contribution in [0.3, 0.4) is 0 Å². The van der Waals surface area contributed by atoms with Crippen molar-refractivity contribution in [1.82, 2.24) is 9.55 Å². The summed E-state index contributed by atoms with van der Waals surface area (Å²) in [4.78, 5) is 17.6. The number of rotatable bonds is 5. The van der Waals surface area contributed by atoms with Crippen LogP contribution in [0.15, 0.2) is 59.0 Å². The van der Waals surface area contributed by atoms with Crippen molar-refractivity contribution in [3.63, 3.8) is 0 Å². The first-order valence-electron chi connectivity index (χ1n) is 6.78. The number of nitrogens with one attached hydrogen (secondary N) is 1. The summed E-state index contributed by atoms with van der Waals surface area (Å²) in [5.41, 5.74) is 0.669. The highest BCUT2D eigenvalue weighted by Gasteiger charge is 2.05. The monoisotopic (exact) mass is 315 g/mol. The van der Waals surface area contributed by atoms with Gasteiger partial charge in [0.25, 0.3) is 5.56 Å². The molecular weight excluding hydrogens is 301 g/mol. The van der Waals surface area contributed by atoms with E-state index in [4.69, 9.17) is 0 Å². The van der Waals surface area contributed by atoms with E-state index >= 15 is 0 Å². The Morgan fingerprint density at radius 2 is 2.05 bits per heavy atom. The van der Waals surface area contributed by atoms with Crippen molar-refractivity contribution in [2.45, 2.75) is 13.1 Å². The predicted octanol–water partition coefficient (Wildman–Crippen LogP) is 3.10. The van der Waals surface area contributed by atoms with E-state index in [9.17, 15) is 9.18 Å². The van der Waals surface area contributed by atoms with Crippen molar-refractivity contribution in [2.24, 2.45) is 0 Å². The molecule has 0 bridgehead atoms. The van der Waals surface area contributed by atoms with Crippen LogP contribution < -0.4 is 10.9 Å². The van der Waals surface area contributed by atoms with E-state index in [-0.39, 0.29) is 11.4 Å². The molecule has 0 atom stereocenters. The van der Waals surface area contributed by atoms with Crippen LogP contribution >= 0.6 is 11.3 Å². The summed E-state index contributed by atoms with van der Waals surface area (Å²) < 4.78 is 14.5. The second kappa shape index (κ2) is 6.53. The van der Waals surface area contributed by atoms with E-state index in [1.807, 2.05) is 17.5 Å². The quantitative estimate of drug-likeness (QED) is 0.787. The van der Waals surface area contributed by atoms with Gasteiger partial charge in [0.2, 0.25) is 0 Å². The number of thiophene rings is 1. The van der Waals surface area contributed by atoms with Crippen LogP contribution in [0.1, 0.15) is 10.4 Å². The van der Waals surface area contributed by atoms with Gasteiger partial charge in [-0.1, -0.05) is 18.2 Å². The Kier molecular flexibility index (Phi) is 4.29. The first-order valence-corrected chi connectivity index (χ1v) is 7.66. The molecule has 3 rings (SSSR count). The molecule has 0 saturated carbocycles. The molecule has 0 saturated heterocycles. The summed E-state index contributed by atoms with van der Waals surface area (Å²) in [6.45, 7) is 0.954. The SMILES string of the molecule is O=c1c(NCc2cccs2)nccn1Cc1ccc(F)cc1. The largest absolute Gasteiger partial charge is 0.361 e. The highest BCUT2D eigenvalue weighted by atomic mass is 32.1. The number of aromatic nitrogens is 2. The first-order chi connectivity index (χ1) is 10.7. The number of hydrogen-bond donors (Lipinski definition) is 1. The van der Waals surface area contributed by atoms with E-state index in [1.165, 1.54) is 12.1 Å². The highest BCUT2D eigenvalue weighted by Crippen LogP contribution is 2.10. The van der Waals surface area contributed by atoms with Crippen LogP contribution in [0.2, 0.25) is 0 Å². The fraction of sp³-hybridized carbons (Fsp3) is 0.125. The Labute approximate surface area is 130 Å². The van der Waals surface area contributed by atoms with Gasteiger partial charge in [0.1, 0.15) is 5.82 Å². The Bertz CT molecular complexity index is 797. The van der Waals surface area contributed by atoms with Crippen molar-refractivity contribution in [3.05, 3.63) is 80.8 Å². The minimum absolute atomic E-state index is 0.191. The zero-order chi connectivity index (χ0) is 15.4. The Morgan fingerprint density at radius 1 is 1.23 bits per heavy atom. The van der Waals surface area contributed by atoms with E-state index in [2.05, 4.69) is 10.3 Å². The number of hydrogen-bond acceptors (Lipinski definition) is 4. The van der Waals surface area contributed by atoms with E-state index < -0.39 is 0 Å². The molecule has 0 unspecified atom stereocenters. The van der Waals surface area contributed by atoms with Crippen molar-refractivity contribution in [2.75, 3.05) is 5.32 Å². The summed E-state index contributed by atoms with van der Waals surface area (Å²) >= 11 is 1.62. The van der Waals surface area contributed by atoms with E-state index in [0.29, 0.717) is 18.9 Å². The van der Waals surface area contributed by atoms with Crippen molar-refractivity contribution >= 4 is 17.2 Å². The maximum absolute atomic E-state index is 12.9. The van der Waals surface area contributed by atoms with Crippen molar-refractivity contribution in [1.29, 1.82) is 0 Å². The molecule has 3 aromatic rings. The molecule has 0 fully saturated rings. The molecule has 1 N–H and O–H groups in total. The lowest BCUT2D eigenvalue weighted by Gasteiger charge is -2.08. The molecule has 0 amide bonds. The summed E-state index contributed by atoms with van der Waals surface area (Å²) in [5.74, 6) is 0.0298. The van der Waals surface area contributed by atoms with Crippen LogP contribution in [-0.4, -0.2) is 9.55 Å². The van der Waals surface area contributed by atoms with Gasteiger partial charge in [-0.15, -0.1) is 11.3 Å². The molecule has 0 radical (unpaired) electrons.